The quantitative estimate of drug-likeness (QED) is 0.325. The number of hydrogen-bond acceptors (Lipinski definition) is 5. The molecular weight excluding hydrogens is 482 g/mol. The third-order valence-corrected chi connectivity index (χ3v) is 6.94. The minimum atomic E-state index is -0.580. The van der Waals surface area contributed by atoms with Gasteiger partial charge >= 0.3 is 0 Å². The van der Waals surface area contributed by atoms with Gasteiger partial charge in [-0.25, -0.2) is 0 Å². The average Bonchev–Trinajstić information content (AvgIpc) is 3.17. The Morgan fingerprint density at radius 2 is 1.77 bits per heavy atom. The van der Waals surface area contributed by atoms with Crippen LogP contribution in [0.5, 0.6) is 5.75 Å². The van der Waals surface area contributed by atoms with Crippen LogP contribution < -0.4 is 15.0 Å². The summed E-state index contributed by atoms with van der Waals surface area (Å²) in [5.74, 6) is -0.145. The molecule has 176 valence electrons. The number of para-hydroxylation sites is 1. The van der Waals surface area contributed by atoms with Gasteiger partial charge in [-0.3, -0.25) is 14.5 Å². The van der Waals surface area contributed by atoms with Crippen molar-refractivity contribution in [1.82, 2.24) is 0 Å². The van der Waals surface area contributed by atoms with Crippen LogP contribution in [0.2, 0.25) is 5.02 Å². The Bertz CT molecular complexity index is 1300. The summed E-state index contributed by atoms with van der Waals surface area (Å²) >= 11 is 7.54. The van der Waals surface area contributed by atoms with E-state index in [4.69, 9.17) is 16.3 Å². The molecule has 0 radical (unpaired) electrons. The fraction of sp³-hybridized carbons (Fsp3) is 0.148. The highest BCUT2D eigenvalue weighted by atomic mass is 35.5. The molecule has 1 heterocycles. The van der Waals surface area contributed by atoms with Crippen LogP contribution in [-0.4, -0.2) is 23.7 Å². The average molecular weight is 504 g/mol. The number of anilines is 2. The van der Waals surface area contributed by atoms with Gasteiger partial charge in [-0.15, -0.1) is 0 Å². The molecule has 0 spiro atoms. The maximum absolute atomic E-state index is 13.6. The number of carbonyl (C=O) groups excluding carboxylic acids is 2. The summed E-state index contributed by atoms with van der Waals surface area (Å²) in [6, 6.07) is 25.2. The van der Waals surface area contributed by atoms with E-state index in [-0.39, 0.29) is 16.5 Å². The highest BCUT2D eigenvalue weighted by molar-refractivity contribution is 8.05. The maximum Gasteiger partial charge on any atom is 0.269 e. The molecule has 1 aliphatic rings. The Kier molecular flexibility index (Phi) is 7.76. The van der Waals surface area contributed by atoms with Gasteiger partial charge in [-0.2, -0.15) is 5.26 Å². The predicted octanol–water partition coefficient (Wildman–Crippen LogP) is 5.80. The van der Waals surface area contributed by atoms with Gasteiger partial charge in [0.1, 0.15) is 22.4 Å². The van der Waals surface area contributed by atoms with Crippen molar-refractivity contribution >= 4 is 46.6 Å². The van der Waals surface area contributed by atoms with Crippen molar-refractivity contribution in [3.05, 3.63) is 100 Å². The van der Waals surface area contributed by atoms with E-state index in [1.165, 1.54) is 16.7 Å². The Balaban J connectivity index is 1.73. The van der Waals surface area contributed by atoms with Crippen molar-refractivity contribution in [1.29, 1.82) is 5.26 Å². The van der Waals surface area contributed by atoms with Crippen molar-refractivity contribution < 1.29 is 14.3 Å². The zero-order chi connectivity index (χ0) is 24.8. The number of benzene rings is 3. The first-order valence-electron chi connectivity index (χ1n) is 11.0. The van der Waals surface area contributed by atoms with Gasteiger partial charge < -0.3 is 10.1 Å². The molecule has 6 nitrogen and oxygen atoms in total. The van der Waals surface area contributed by atoms with Crippen molar-refractivity contribution in [2.24, 2.45) is 0 Å². The predicted molar refractivity (Wildman–Crippen MR) is 139 cm³/mol. The SMILES string of the molecule is CCOc1ccc(N2C(=O)C(Cc3ccccc3Cl)S/C2=C(/C#N)C(=O)Nc2ccccc2)cc1. The molecular formula is C27H22ClN3O3S. The van der Waals surface area contributed by atoms with Crippen LogP contribution in [0, 0.1) is 11.3 Å². The van der Waals surface area contributed by atoms with Gasteiger partial charge in [-0.1, -0.05) is 59.8 Å². The second-order valence-electron chi connectivity index (χ2n) is 7.61. The van der Waals surface area contributed by atoms with Crippen LogP contribution in [-0.2, 0) is 16.0 Å². The zero-order valence-corrected chi connectivity index (χ0v) is 20.5. The van der Waals surface area contributed by atoms with E-state index in [1.54, 1.807) is 54.6 Å². The lowest BCUT2D eigenvalue weighted by Crippen LogP contribution is -2.31. The van der Waals surface area contributed by atoms with Crippen molar-refractivity contribution in [2.75, 3.05) is 16.8 Å². The van der Waals surface area contributed by atoms with E-state index in [2.05, 4.69) is 5.32 Å². The molecule has 4 rings (SSSR count). The summed E-state index contributed by atoms with van der Waals surface area (Å²) < 4.78 is 5.51. The molecule has 35 heavy (non-hydrogen) atoms. The Hall–Kier alpha value is -3.73. The summed E-state index contributed by atoms with van der Waals surface area (Å²) in [6.45, 7) is 2.40. The molecule has 0 bridgehead atoms. The monoisotopic (exact) mass is 503 g/mol. The van der Waals surface area contributed by atoms with Gasteiger partial charge in [0, 0.05) is 16.4 Å². The molecule has 0 aliphatic carbocycles. The number of halogens is 1. The summed E-state index contributed by atoms with van der Waals surface area (Å²) in [4.78, 5) is 28.1. The van der Waals surface area contributed by atoms with Crippen LogP contribution in [0.1, 0.15) is 12.5 Å². The van der Waals surface area contributed by atoms with E-state index in [9.17, 15) is 14.9 Å². The van der Waals surface area contributed by atoms with Crippen LogP contribution >= 0.6 is 23.4 Å². The van der Waals surface area contributed by atoms with Gasteiger partial charge in [0.25, 0.3) is 5.91 Å². The molecule has 0 saturated carbocycles. The summed E-state index contributed by atoms with van der Waals surface area (Å²) in [6.07, 6.45) is 0.360. The standard InChI is InChI=1S/C27H22ClN3O3S/c1-2-34-21-14-12-20(13-15-21)31-26(33)24(16-18-8-6-7-11-23(18)28)35-27(31)22(17-29)25(32)30-19-9-4-3-5-10-19/h3-15,24H,2,16H2,1H3,(H,30,32)/b27-22-. The molecule has 0 aromatic heterocycles. The number of ether oxygens (including phenoxy) is 1. The second-order valence-corrected chi connectivity index (χ2v) is 9.21. The third kappa shape index (κ3) is 5.51. The molecule has 3 aromatic rings. The van der Waals surface area contributed by atoms with Crippen molar-refractivity contribution in [2.45, 2.75) is 18.6 Å². The lowest BCUT2D eigenvalue weighted by molar-refractivity contribution is -0.117. The first kappa shape index (κ1) is 24.4. The summed E-state index contributed by atoms with van der Waals surface area (Å²) in [5.41, 5.74) is 1.78. The highest BCUT2D eigenvalue weighted by Gasteiger charge is 2.41. The van der Waals surface area contributed by atoms with Crippen LogP contribution in [0.4, 0.5) is 11.4 Å². The third-order valence-electron chi connectivity index (χ3n) is 5.31. The number of hydrogen-bond donors (Lipinski definition) is 1. The largest absolute Gasteiger partial charge is 0.494 e. The number of nitriles is 1. The minimum Gasteiger partial charge on any atom is -0.494 e. The van der Waals surface area contributed by atoms with Crippen LogP contribution in [0.25, 0.3) is 0 Å². The maximum atomic E-state index is 13.6. The summed E-state index contributed by atoms with van der Waals surface area (Å²) in [5, 5.41) is 13.0. The Morgan fingerprint density at radius 3 is 2.43 bits per heavy atom. The number of amides is 2. The number of nitrogens with zero attached hydrogens (tertiary/aromatic N) is 2. The lowest BCUT2D eigenvalue weighted by atomic mass is 10.1. The van der Waals surface area contributed by atoms with E-state index < -0.39 is 11.2 Å². The van der Waals surface area contributed by atoms with Gasteiger partial charge in [-0.05, 0) is 61.4 Å². The minimum absolute atomic E-state index is 0.136. The van der Waals surface area contributed by atoms with E-state index in [1.807, 2.05) is 37.3 Å². The molecule has 1 unspecified atom stereocenters. The molecule has 3 aromatic carbocycles. The molecule has 1 N–H and O–H groups in total. The first-order valence-corrected chi connectivity index (χ1v) is 12.2. The van der Waals surface area contributed by atoms with E-state index in [0.717, 1.165) is 5.56 Å². The van der Waals surface area contributed by atoms with Gasteiger partial charge in [0.15, 0.2) is 0 Å². The van der Waals surface area contributed by atoms with E-state index >= 15 is 0 Å². The normalized spacial score (nSPS) is 16.5. The van der Waals surface area contributed by atoms with Crippen molar-refractivity contribution in [3.8, 4) is 11.8 Å². The van der Waals surface area contributed by atoms with Gasteiger partial charge in [0.05, 0.1) is 11.9 Å². The summed E-state index contributed by atoms with van der Waals surface area (Å²) in [7, 11) is 0. The smallest absolute Gasteiger partial charge is 0.269 e. The molecule has 1 saturated heterocycles. The highest BCUT2D eigenvalue weighted by Crippen LogP contribution is 2.42. The Morgan fingerprint density at radius 1 is 1.09 bits per heavy atom. The van der Waals surface area contributed by atoms with Gasteiger partial charge in [0.2, 0.25) is 5.91 Å². The number of carbonyl (C=O) groups is 2. The second kappa shape index (κ2) is 11.1. The first-order chi connectivity index (χ1) is 17.0. The number of nitrogens with one attached hydrogen (secondary N) is 1. The fourth-order valence-electron chi connectivity index (χ4n) is 3.66. The molecule has 1 aliphatic heterocycles. The van der Waals surface area contributed by atoms with E-state index in [0.29, 0.717) is 35.2 Å². The molecule has 1 fully saturated rings. The molecule has 2 amide bonds. The fourth-order valence-corrected chi connectivity index (χ4v) is 5.17. The van der Waals surface area contributed by atoms with Crippen molar-refractivity contribution in [3.63, 3.8) is 0 Å². The van der Waals surface area contributed by atoms with Crippen LogP contribution in [0.15, 0.2) is 89.5 Å². The lowest BCUT2D eigenvalue weighted by Gasteiger charge is -2.19. The molecule has 8 heteroatoms. The van der Waals surface area contributed by atoms with Crippen LogP contribution in [0.3, 0.4) is 0 Å². The Labute approximate surface area is 213 Å². The molecule has 1 atom stereocenters. The zero-order valence-electron chi connectivity index (χ0n) is 18.9. The topological polar surface area (TPSA) is 82.4 Å². The number of rotatable bonds is 7. The number of thioether (sulfide) groups is 1.